The van der Waals surface area contributed by atoms with Crippen LogP contribution in [0.4, 0.5) is 21.9 Å². The summed E-state index contributed by atoms with van der Waals surface area (Å²) in [4.78, 5) is 21.3. The Bertz CT molecular complexity index is 1780. The van der Waals surface area contributed by atoms with Gasteiger partial charge in [-0.15, -0.1) is 5.10 Å². The van der Waals surface area contributed by atoms with Gasteiger partial charge in [0.15, 0.2) is 5.65 Å². The maximum atomic E-state index is 12.8. The molecule has 0 bridgehead atoms. The lowest BCUT2D eigenvalue weighted by Crippen LogP contribution is -2.36. The molecule has 2 aromatic heterocycles. The number of phenols is 1. The summed E-state index contributed by atoms with van der Waals surface area (Å²) in [7, 11) is 1.64. The molecule has 1 aliphatic rings. The van der Waals surface area contributed by atoms with Crippen molar-refractivity contribution < 1.29 is 24.1 Å². The summed E-state index contributed by atoms with van der Waals surface area (Å²) in [6.45, 7) is 6.93. The van der Waals surface area contributed by atoms with Crippen molar-refractivity contribution in [2.24, 2.45) is 0 Å². The van der Waals surface area contributed by atoms with Crippen molar-refractivity contribution in [3.05, 3.63) is 96.7 Å². The summed E-state index contributed by atoms with van der Waals surface area (Å²) < 4.78 is 19.4. The van der Waals surface area contributed by atoms with Crippen LogP contribution in [-0.4, -0.2) is 62.8 Å². The minimum Gasteiger partial charge on any atom is -0.508 e. The highest BCUT2D eigenvalue weighted by Crippen LogP contribution is 2.42. The third-order valence-electron chi connectivity index (χ3n) is 7.49. The van der Waals surface area contributed by atoms with Gasteiger partial charge in [0.1, 0.15) is 28.6 Å². The molecule has 0 aliphatic carbocycles. The first-order valence-corrected chi connectivity index (χ1v) is 15.0. The molecule has 3 aromatic carbocycles. The molecule has 1 saturated heterocycles. The molecular formula is C35H37N5O5. The molecule has 1 amide bonds. The number of benzene rings is 3. The van der Waals surface area contributed by atoms with Crippen LogP contribution in [0.1, 0.15) is 32.8 Å². The number of methoxy groups -OCH3 is 1. The number of nitrogens with zero attached hydrogens (tertiary/aromatic N) is 5. The van der Waals surface area contributed by atoms with E-state index in [2.05, 4.69) is 4.90 Å². The second-order valence-corrected chi connectivity index (χ2v) is 12.0. The van der Waals surface area contributed by atoms with Gasteiger partial charge in [0.05, 0.1) is 25.9 Å². The molecule has 6 rings (SSSR count). The van der Waals surface area contributed by atoms with E-state index in [9.17, 15) is 9.90 Å². The molecule has 0 saturated carbocycles. The first kappa shape index (κ1) is 29.8. The zero-order valence-electron chi connectivity index (χ0n) is 25.9. The Hall–Kier alpha value is -5.25. The summed E-state index contributed by atoms with van der Waals surface area (Å²) in [5, 5.41) is 16.1. The lowest BCUT2D eigenvalue weighted by Gasteiger charge is -2.26. The van der Waals surface area contributed by atoms with Crippen molar-refractivity contribution in [3.8, 4) is 17.4 Å². The number of likely N-dealkylation sites (tertiary alicyclic amines) is 1. The van der Waals surface area contributed by atoms with E-state index in [1.54, 1.807) is 30.3 Å². The zero-order chi connectivity index (χ0) is 31.6. The van der Waals surface area contributed by atoms with E-state index in [1.807, 2.05) is 98.2 Å². The molecule has 0 radical (unpaired) electrons. The number of para-hydroxylation sites is 1. The third kappa shape index (κ3) is 6.64. The normalized spacial score (nSPS) is 14.8. The number of aromatic hydroxyl groups is 1. The number of carbonyl (C=O) groups is 1. The minimum atomic E-state index is -0.584. The molecule has 1 atom stereocenters. The van der Waals surface area contributed by atoms with Crippen molar-refractivity contribution in [2.45, 2.75) is 45.4 Å². The topological polar surface area (TPSA) is 102 Å². The second kappa shape index (κ2) is 12.4. The highest BCUT2D eigenvalue weighted by molar-refractivity contribution is 5.99. The largest absolute Gasteiger partial charge is 0.508 e. The number of anilines is 3. The minimum absolute atomic E-state index is 0.151. The van der Waals surface area contributed by atoms with E-state index in [4.69, 9.17) is 24.3 Å². The van der Waals surface area contributed by atoms with Crippen LogP contribution in [0.2, 0.25) is 0 Å². The van der Waals surface area contributed by atoms with E-state index < -0.39 is 5.60 Å². The van der Waals surface area contributed by atoms with Gasteiger partial charge in [-0.25, -0.2) is 14.5 Å². The van der Waals surface area contributed by atoms with Gasteiger partial charge in [-0.1, -0.05) is 36.4 Å². The maximum Gasteiger partial charge on any atom is 0.410 e. The van der Waals surface area contributed by atoms with E-state index in [0.29, 0.717) is 43.0 Å². The predicted octanol–water partition coefficient (Wildman–Crippen LogP) is 7.05. The van der Waals surface area contributed by atoms with Crippen molar-refractivity contribution in [1.82, 2.24) is 19.7 Å². The smallest absolute Gasteiger partial charge is 0.410 e. The standard InChI is InChI=1S/C35H37N5O5/c1-35(2,3)45-34(42)38-20-18-29(23-38)44-33-31-30(40(25-9-6-5-7-10-25)26-11-8-12-27(41)21-26)17-19-36-32(31)39(37-33)22-24-13-15-28(43-4)16-14-24/h5-17,19,21,29,41H,18,20,22-23H2,1-4H3. The summed E-state index contributed by atoms with van der Waals surface area (Å²) >= 11 is 0. The Labute approximate surface area is 262 Å². The first-order valence-electron chi connectivity index (χ1n) is 15.0. The Morgan fingerprint density at radius 2 is 1.76 bits per heavy atom. The van der Waals surface area contributed by atoms with Gasteiger partial charge in [-0.2, -0.15) is 0 Å². The number of amides is 1. The Balaban J connectivity index is 1.44. The number of phenolic OH excluding ortho intramolecular Hbond substituents is 1. The van der Waals surface area contributed by atoms with Crippen LogP contribution in [0.3, 0.4) is 0 Å². The van der Waals surface area contributed by atoms with Crippen LogP contribution in [0.25, 0.3) is 11.0 Å². The molecule has 10 heteroatoms. The van der Waals surface area contributed by atoms with E-state index >= 15 is 0 Å². The van der Waals surface area contributed by atoms with Gasteiger partial charge < -0.3 is 29.1 Å². The summed E-state index contributed by atoms with van der Waals surface area (Å²) in [6.07, 6.45) is 1.75. The Kier molecular flexibility index (Phi) is 8.21. The molecule has 0 spiro atoms. The number of ether oxygens (including phenoxy) is 3. The number of carbonyl (C=O) groups excluding carboxylic acids is 1. The number of hydrogen-bond donors (Lipinski definition) is 1. The fourth-order valence-electron chi connectivity index (χ4n) is 5.44. The van der Waals surface area contributed by atoms with Crippen LogP contribution in [0, 0.1) is 0 Å². The molecular weight excluding hydrogens is 570 g/mol. The van der Waals surface area contributed by atoms with E-state index in [1.165, 1.54) is 0 Å². The van der Waals surface area contributed by atoms with Gasteiger partial charge in [0.25, 0.3) is 0 Å². The third-order valence-corrected chi connectivity index (χ3v) is 7.49. The molecule has 5 aromatic rings. The van der Waals surface area contributed by atoms with Gasteiger partial charge in [-0.05, 0) is 68.8 Å². The number of hydrogen-bond acceptors (Lipinski definition) is 8. The van der Waals surface area contributed by atoms with Gasteiger partial charge >= 0.3 is 6.09 Å². The van der Waals surface area contributed by atoms with Gasteiger partial charge in [-0.3, -0.25) is 0 Å². The fraction of sp³-hybridized carbons (Fsp3) is 0.286. The lowest BCUT2D eigenvalue weighted by molar-refractivity contribution is 0.0275. The van der Waals surface area contributed by atoms with Crippen molar-refractivity contribution >= 4 is 34.2 Å². The molecule has 1 aliphatic heterocycles. The molecule has 232 valence electrons. The molecule has 1 N–H and O–H groups in total. The monoisotopic (exact) mass is 607 g/mol. The van der Waals surface area contributed by atoms with Crippen molar-refractivity contribution in [3.63, 3.8) is 0 Å². The first-order chi connectivity index (χ1) is 21.7. The number of pyridine rings is 1. The molecule has 1 fully saturated rings. The van der Waals surface area contributed by atoms with Crippen LogP contribution in [-0.2, 0) is 11.3 Å². The van der Waals surface area contributed by atoms with Gasteiger partial charge in [0.2, 0.25) is 5.88 Å². The van der Waals surface area contributed by atoms with Crippen LogP contribution < -0.4 is 14.4 Å². The Morgan fingerprint density at radius 3 is 2.47 bits per heavy atom. The molecule has 3 heterocycles. The molecule has 45 heavy (non-hydrogen) atoms. The molecule has 10 nitrogen and oxygen atoms in total. The van der Waals surface area contributed by atoms with Crippen LogP contribution in [0.15, 0.2) is 91.1 Å². The summed E-state index contributed by atoms with van der Waals surface area (Å²) in [6, 6.07) is 26.8. The van der Waals surface area contributed by atoms with Crippen molar-refractivity contribution in [2.75, 3.05) is 25.1 Å². The number of fused-ring (bicyclic) bond motifs is 1. The second-order valence-electron chi connectivity index (χ2n) is 12.0. The average Bonchev–Trinajstić information content (AvgIpc) is 3.63. The summed E-state index contributed by atoms with van der Waals surface area (Å²) in [5.41, 5.74) is 3.51. The van der Waals surface area contributed by atoms with Crippen LogP contribution >= 0.6 is 0 Å². The fourth-order valence-corrected chi connectivity index (χ4v) is 5.44. The predicted molar refractivity (Wildman–Crippen MR) is 173 cm³/mol. The zero-order valence-corrected chi connectivity index (χ0v) is 25.9. The lowest BCUT2D eigenvalue weighted by atomic mass is 10.1. The Morgan fingerprint density at radius 1 is 1.00 bits per heavy atom. The molecule has 1 unspecified atom stereocenters. The summed E-state index contributed by atoms with van der Waals surface area (Å²) in [5.74, 6) is 1.34. The van der Waals surface area contributed by atoms with E-state index in [-0.39, 0.29) is 17.9 Å². The quantitative estimate of drug-likeness (QED) is 0.200. The van der Waals surface area contributed by atoms with Crippen LogP contribution in [0.5, 0.6) is 17.4 Å². The highest BCUT2D eigenvalue weighted by atomic mass is 16.6. The average molecular weight is 608 g/mol. The highest BCUT2D eigenvalue weighted by Gasteiger charge is 2.33. The maximum absolute atomic E-state index is 12.8. The number of rotatable bonds is 8. The SMILES string of the molecule is COc1ccc(Cn2nc(OC3CCN(C(=O)OC(C)(C)C)C3)c3c(N(c4ccccc4)c4cccc(O)c4)ccnc32)cc1. The van der Waals surface area contributed by atoms with E-state index in [0.717, 1.165) is 28.4 Å². The van der Waals surface area contributed by atoms with Crippen molar-refractivity contribution in [1.29, 1.82) is 0 Å². The van der Waals surface area contributed by atoms with Gasteiger partial charge in [0, 0.05) is 36.6 Å². The number of aromatic nitrogens is 3.